The van der Waals surface area contributed by atoms with E-state index in [0.717, 1.165) is 10.4 Å². The molecular weight excluding hydrogens is 330 g/mol. The Morgan fingerprint density at radius 1 is 1.37 bits per heavy atom. The van der Waals surface area contributed by atoms with E-state index in [1.165, 1.54) is 0 Å². The van der Waals surface area contributed by atoms with Crippen molar-refractivity contribution in [2.75, 3.05) is 0 Å². The van der Waals surface area contributed by atoms with Crippen molar-refractivity contribution in [2.24, 2.45) is 4.99 Å². The minimum atomic E-state index is -0.463. The van der Waals surface area contributed by atoms with Gasteiger partial charge < -0.3 is 9.15 Å². The Bertz CT molecular complexity index is 711. The summed E-state index contributed by atoms with van der Waals surface area (Å²) < 4.78 is 11.0. The van der Waals surface area contributed by atoms with Crippen molar-refractivity contribution in [3.63, 3.8) is 0 Å². The van der Waals surface area contributed by atoms with Gasteiger partial charge in [-0.2, -0.15) is 0 Å². The Kier molecular flexibility index (Phi) is 3.12. The van der Waals surface area contributed by atoms with Crippen LogP contribution in [0.5, 0.6) is 0 Å². The lowest BCUT2D eigenvalue weighted by atomic mass is 10.2. The van der Waals surface area contributed by atoms with Crippen molar-refractivity contribution < 1.29 is 13.9 Å². The standard InChI is InChI=1S/C13H8BrNO3S/c1-7-4-5-19-10(7)6-8-13(16)18-12(15-8)9-2-3-11(14)17-9/h2-6H,1H3. The summed E-state index contributed by atoms with van der Waals surface area (Å²) in [7, 11) is 0. The highest BCUT2D eigenvalue weighted by atomic mass is 79.9. The van der Waals surface area contributed by atoms with Gasteiger partial charge in [0.25, 0.3) is 5.90 Å². The number of cyclic esters (lactones) is 1. The van der Waals surface area contributed by atoms with Gasteiger partial charge in [0, 0.05) is 4.88 Å². The number of nitrogens with zero attached hydrogens (tertiary/aromatic N) is 1. The number of aryl methyl sites for hydroxylation is 1. The van der Waals surface area contributed by atoms with Crippen molar-refractivity contribution in [2.45, 2.75) is 6.92 Å². The van der Waals surface area contributed by atoms with Gasteiger partial charge in [0.2, 0.25) is 0 Å². The topological polar surface area (TPSA) is 51.8 Å². The zero-order valence-corrected chi connectivity index (χ0v) is 12.2. The first-order valence-electron chi connectivity index (χ1n) is 5.46. The number of furan rings is 1. The third kappa shape index (κ3) is 2.41. The molecule has 0 atom stereocenters. The number of esters is 1. The predicted octanol–water partition coefficient (Wildman–Crippen LogP) is 3.76. The molecule has 0 N–H and O–H groups in total. The molecule has 0 amide bonds. The first-order valence-corrected chi connectivity index (χ1v) is 7.13. The van der Waals surface area contributed by atoms with E-state index in [2.05, 4.69) is 20.9 Å². The van der Waals surface area contributed by atoms with Crippen LogP contribution in [0.4, 0.5) is 0 Å². The molecule has 19 heavy (non-hydrogen) atoms. The molecule has 0 fully saturated rings. The number of halogens is 1. The SMILES string of the molecule is Cc1ccsc1C=C1N=C(c2ccc(Br)o2)OC1=O. The number of carbonyl (C=O) groups is 1. The first kappa shape index (κ1) is 12.4. The molecule has 0 saturated heterocycles. The van der Waals surface area contributed by atoms with Crippen LogP contribution < -0.4 is 0 Å². The van der Waals surface area contributed by atoms with Gasteiger partial charge >= 0.3 is 5.97 Å². The van der Waals surface area contributed by atoms with Crippen molar-refractivity contribution in [1.82, 2.24) is 0 Å². The lowest BCUT2D eigenvalue weighted by molar-refractivity contribution is -0.130. The highest BCUT2D eigenvalue weighted by Crippen LogP contribution is 2.25. The molecule has 2 aromatic heterocycles. The monoisotopic (exact) mass is 337 g/mol. The van der Waals surface area contributed by atoms with Crippen LogP contribution in [0.15, 0.2) is 43.4 Å². The molecule has 3 heterocycles. The first-order chi connectivity index (χ1) is 9.13. The average molecular weight is 338 g/mol. The fourth-order valence-electron chi connectivity index (χ4n) is 1.60. The minimum Gasteiger partial charge on any atom is -0.444 e. The summed E-state index contributed by atoms with van der Waals surface area (Å²) in [6.45, 7) is 1.98. The van der Waals surface area contributed by atoms with Crippen molar-refractivity contribution in [3.8, 4) is 0 Å². The summed E-state index contributed by atoms with van der Waals surface area (Å²) in [5, 5.41) is 1.97. The molecule has 96 valence electrons. The van der Waals surface area contributed by atoms with Gasteiger partial charge in [-0.15, -0.1) is 11.3 Å². The lowest BCUT2D eigenvalue weighted by Gasteiger charge is -1.92. The molecule has 0 radical (unpaired) electrons. The van der Waals surface area contributed by atoms with E-state index >= 15 is 0 Å². The van der Waals surface area contributed by atoms with E-state index in [1.807, 2.05) is 18.4 Å². The van der Waals surface area contributed by atoms with E-state index in [-0.39, 0.29) is 11.6 Å². The fraction of sp³-hybridized carbons (Fsp3) is 0.0769. The lowest BCUT2D eigenvalue weighted by Crippen LogP contribution is -2.04. The van der Waals surface area contributed by atoms with Gasteiger partial charge in [-0.25, -0.2) is 9.79 Å². The minimum absolute atomic E-state index is 0.191. The number of rotatable bonds is 2. The fourth-order valence-corrected chi connectivity index (χ4v) is 2.76. The Balaban J connectivity index is 1.96. The molecule has 0 bridgehead atoms. The van der Waals surface area contributed by atoms with Gasteiger partial charge in [0.15, 0.2) is 16.1 Å². The molecule has 0 aromatic carbocycles. The summed E-state index contributed by atoms with van der Waals surface area (Å²) in [5.41, 5.74) is 1.39. The van der Waals surface area contributed by atoms with Crippen molar-refractivity contribution in [1.29, 1.82) is 0 Å². The second-order valence-electron chi connectivity index (χ2n) is 3.91. The molecular formula is C13H8BrNO3S. The van der Waals surface area contributed by atoms with Crippen LogP contribution in [0.25, 0.3) is 6.08 Å². The van der Waals surface area contributed by atoms with Gasteiger partial charge in [0.05, 0.1) is 0 Å². The quantitative estimate of drug-likeness (QED) is 0.619. The van der Waals surface area contributed by atoms with Crippen molar-refractivity contribution in [3.05, 3.63) is 50.1 Å². The largest absolute Gasteiger partial charge is 0.444 e. The van der Waals surface area contributed by atoms with E-state index < -0.39 is 5.97 Å². The third-order valence-electron chi connectivity index (χ3n) is 2.57. The molecule has 0 aliphatic carbocycles. The molecule has 4 nitrogen and oxygen atoms in total. The Labute approximate surface area is 121 Å². The Hall–Kier alpha value is -1.66. The van der Waals surface area contributed by atoms with Gasteiger partial charge in [-0.05, 0) is 58.1 Å². The maximum absolute atomic E-state index is 11.7. The zero-order valence-electron chi connectivity index (χ0n) is 9.84. The third-order valence-corrected chi connectivity index (χ3v) is 3.97. The van der Waals surface area contributed by atoms with Crippen LogP contribution in [-0.4, -0.2) is 11.9 Å². The van der Waals surface area contributed by atoms with E-state index in [9.17, 15) is 4.79 Å². The molecule has 3 rings (SSSR count). The Morgan fingerprint density at radius 2 is 2.21 bits per heavy atom. The highest BCUT2D eigenvalue weighted by molar-refractivity contribution is 9.10. The van der Waals surface area contributed by atoms with E-state index in [1.54, 1.807) is 29.5 Å². The number of hydrogen-bond acceptors (Lipinski definition) is 5. The summed E-state index contributed by atoms with van der Waals surface area (Å²) >= 11 is 4.75. The zero-order chi connectivity index (χ0) is 13.4. The summed E-state index contributed by atoms with van der Waals surface area (Å²) in [6.07, 6.45) is 1.73. The van der Waals surface area contributed by atoms with Crippen molar-refractivity contribution >= 4 is 45.2 Å². The maximum Gasteiger partial charge on any atom is 0.363 e. The molecule has 1 aliphatic heterocycles. The average Bonchev–Trinajstić information content (AvgIpc) is 3.04. The molecule has 1 aliphatic rings. The normalized spacial score (nSPS) is 16.8. The van der Waals surface area contributed by atoms with E-state index in [0.29, 0.717) is 10.4 Å². The molecule has 0 saturated carbocycles. The summed E-state index contributed by atoms with van der Waals surface area (Å²) in [6, 6.07) is 5.40. The van der Waals surface area contributed by atoms with Gasteiger partial charge in [0.1, 0.15) is 0 Å². The van der Waals surface area contributed by atoms with Crippen LogP contribution in [0.2, 0.25) is 0 Å². The van der Waals surface area contributed by atoms with Crippen LogP contribution in [0.1, 0.15) is 16.2 Å². The molecule has 6 heteroatoms. The van der Waals surface area contributed by atoms with Crippen LogP contribution >= 0.6 is 27.3 Å². The number of ether oxygens (including phenoxy) is 1. The number of carbonyl (C=O) groups excluding carboxylic acids is 1. The molecule has 2 aromatic rings. The number of thiophene rings is 1. The van der Waals surface area contributed by atoms with E-state index in [4.69, 9.17) is 9.15 Å². The van der Waals surface area contributed by atoms with Crippen LogP contribution in [0, 0.1) is 6.92 Å². The maximum atomic E-state index is 11.7. The Morgan fingerprint density at radius 3 is 2.84 bits per heavy atom. The predicted molar refractivity (Wildman–Crippen MR) is 76.1 cm³/mol. The second-order valence-corrected chi connectivity index (χ2v) is 5.64. The summed E-state index contributed by atoms with van der Waals surface area (Å²) in [4.78, 5) is 16.9. The number of aliphatic imine (C=N–C) groups is 1. The van der Waals surface area contributed by atoms with Gasteiger partial charge in [-0.3, -0.25) is 0 Å². The highest BCUT2D eigenvalue weighted by Gasteiger charge is 2.26. The van der Waals surface area contributed by atoms with Crippen LogP contribution in [-0.2, 0) is 9.53 Å². The summed E-state index contributed by atoms with van der Waals surface area (Å²) in [5.74, 6) is 0.151. The number of hydrogen-bond donors (Lipinski definition) is 0. The second kappa shape index (κ2) is 4.79. The molecule has 0 unspecified atom stereocenters. The smallest absolute Gasteiger partial charge is 0.363 e. The van der Waals surface area contributed by atoms with Gasteiger partial charge in [-0.1, -0.05) is 0 Å². The van der Waals surface area contributed by atoms with Crippen LogP contribution in [0.3, 0.4) is 0 Å². The molecule has 0 spiro atoms.